The molecule has 2 N–H and O–H groups in total. The number of H-pyrrole nitrogens is 1. The lowest BCUT2D eigenvalue weighted by Crippen LogP contribution is -2.14. The number of carboxylic acid groups (broad SMARTS) is 1. The van der Waals surface area contributed by atoms with E-state index in [9.17, 15) is 23.5 Å². The summed E-state index contributed by atoms with van der Waals surface area (Å²) in [5.74, 6) is -2.78. The molecule has 0 aliphatic rings. The van der Waals surface area contributed by atoms with Gasteiger partial charge in [0.15, 0.2) is 0 Å². The standard InChI is InChI=1S/C23H15F2N3O3S/c1-11-27-20-17(32-11)7-6-16-19(20)18(14-3-2-8-26-22(14)29)21(23(30)31)28(16)10-12-4-5-13(24)9-15(12)25/h2-9H,10H2,1H3,(H,26,29)(H,30,31). The monoisotopic (exact) mass is 451 g/mol. The van der Waals surface area contributed by atoms with Crippen LogP contribution in [0.2, 0.25) is 0 Å². The molecule has 0 saturated carbocycles. The molecule has 0 aliphatic carbocycles. The summed E-state index contributed by atoms with van der Waals surface area (Å²) in [5.41, 5.74) is 0.948. The first-order valence-electron chi connectivity index (χ1n) is 9.63. The molecule has 0 atom stereocenters. The maximum Gasteiger partial charge on any atom is 0.353 e. The number of rotatable bonds is 4. The lowest BCUT2D eigenvalue weighted by atomic mass is 10.0. The van der Waals surface area contributed by atoms with E-state index in [0.29, 0.717) is 16.4 Å². The van der Waals surface area contributed by atoms with E-state index in [1.165, 1.54) is 28.2 Å². The third-order valence-electron chi connectivity index (χ3n) is 5.33. The molecule has 0 spiro atoms. The van der Waals surface area contributed by atoms with Gasteiger partial charge < -0.3 is 14.7 Å². The van der Waals surface area contributed by atoms with Gasteiger partial charge >= 0.3 is 5.97 Å². The molecule has 0 aliphatic heterocycles. The number of benzene rings is 2. The Morgan fingerprint density at radius 2 is 2.03 bits per heavy atom. The molecular formula is C23H15F2N3O3S. The largest absolute Gasteiger partial charge is 0.477 e. The Hall–Kier alpha value is -3.85. The summed E-state index contributed by atoms with van der Waals surface area (Å²) in [4.78, 5) is 32.3. The normalized spacial score (nSPS) is 11.5. The number of hydrogen-bond acceptors (Lipinski definition) is 4. The number of aromatic nitrogens is 3. The Morgan fingerprint density at radius 1 is 1.22 bits per heavy atom. The molecule has 32 heavy (non-hydrogen) atoms. The highest BCUT2D eigenvalue weighted by Gasteiger charge is 2.28. The van der Waals surface area contributed by atoms with Crippen molar-refractivity contribution in [3.8, 4) is 11.1 Å². The Balaban J connectivity index is 1.93. The first-order valence-corrected chi connectivity index (χ1v) is 10.4. The number of aromatic amines is 1. The zero-order valence-electron chi connectivity index (χ0n) is 16.6. The minimum Gasteiger partial charge on any atom is -0.477 e. The number of carboxylic acids is 1. The second-order valence-corrected chi connectivity index (χ2v) is 8.54. The highest BCUT2D eigenvalue weighted by atomic mass is 32.1. The van der Waals surface area contributed by atoms with E-state index in [2.05, 4.69) is 9.97 Å². The predicted molar refractivity (Wildman–Crippen MR) is 118 cm³/mol. The van der Waals surface area contributed by atoms with Gasteiger partial charge in [0.25, 0.3) is 5.56 Å². The fraction of sp³-hybridized carbons (Fsp3) is 0.0870. The first kappa shape index (κ1) is 20.1. The summed E-state index contributed by atoms with van der Waals surface area (Å²) < 4.78 is 30.1. The van der Waals surface area contributed by atoms with Crippen molar-refractivity contribution in [2.75, 3.05) is 0 Å². The third-order valence-corrected chi connectivity index (χ3v) is 6.26. The fourth-order valence-electron chi connectivity index (χ4n) is 4.03. The second kappa shape index (κ2) is 7.38. The van der Waals surface area contributed by atoms with Gasteiger partial charge in [0.2, 0.25) is 0 Å². The number of nitrogens with one attached hydrogen (secondary N) is 1. The van der Waals surface area contributed by atoms with Gasteiger partial charge in [-0.3, -0.25) is 4.79 Å². The van der Waals surface area contributed by atoms with Gasteiger partial charge in [0.1, 0.15) is 17.3 Å². The Bertz CT molecular complexity index is 1600. The van der Waals surface area contributed by atoms with Crippen LogP contribution in [0.3, 0.4) is 0 Å². The minimum atomic E-state index is -1.28. The SMILES string of the molecule is Cc1nc2c(ccc3c2c(-c2ccc[nH]c2=O)c(C(=O)O)n3Cc2ccc(F)cc2F)s1. The van der Waals surface area contributed by atoms with Gasteiger partial charge in [0, 0.05) is 28.8 Å². The number of carbonyl (C=O) groups is 1. The number of hydrogen-bond donors (Lipinski definition) is 2. The molecule has 0 fully saturated rings. The van der Waals surface area contributed by atoms with E-state index in [-0.39, 0.29) is 28.9 Å². The fourth-order valence-corrected chi connectivity index (χ4v) is 4.86. The van der Waals surface area contributed by atoms with Crippen molar-refractivity contribution in [2.24, 2.45) is 0 Å². The first-order chi connectivity index (χ1) is 15.3. The number of halogens is 2. The predicted octanol–water partition coefficient (Wildman–Crippen LogP) is 4.94. The number of aromatic carboxylic acids is 1. The number of pyridine rings is 1. The number of fused-ring (bicyclic) bond motifs is 3. The van der Waals surface area contributed by atoms with Crippen LogP contribution in [0.25, 0.3) is 32.2 Å². The molecule has 0 bridgehead atoms. The van der Waals surface area contributed by atoms with Gasteiger partial charge in [-0.05, 0) is 37.3 Å². The molecule has 6 nitrogen and oxygen atoms in total. The van der Waals surface area contributed by atoms with Gasteiger partial charge in [0.05, 0.1) is 32.8 Å². The third kappa shape index (κ3) is 3.09. The number of thiazole rings is 1. The minimum absolute atomic E-state index is 0.119. The highest BCUT2D eigenvalue weighted by Crippen LogP contribution is 2.40. The van der Waals surface area contributed by atoms with E-state index in [1.54, 1.807) is 18.2 Å². The summed E-state index contributed by atoms with van der Waals surface area (Å²) in [6, 6.07) is 9.87. The van der Waals surface area contributed by atoms with Crippen molar-refractivity contribution in [2.45, 2.75) is 13.5 Å². The molecule has 160 valence electrons. The van der Waals surface area contributed by atoms with Crippen molar-refractivity contribution in [3.63, 3.8) is 0 Å². The van der Waals surface area contributed by atoms with Crippen LogP contribution in [0, 0.1) is 18.6 Å². The smallest absolute Gasteiger partial charge is 0.353 e. The lowest BCUT2D eigenvalue weighted by molar-refractivity contribution is 0.0687. The van der Waals surface area contributed by atoms with E-state index < -0.39 is 23.2 Å². The van der Waals surface area contributed by atoms with E-state index in [0.717, 1.165) is 21.8 Å². The Morgan fingerprint density at radius 3 is 2.75 bits per heavy atom. The number of aryl methyl sites for hydroxylation is 1. The van der Waals surface area contributed by atoms with Crippen LogP contribution in [-0.2, 0) is 6.54 Å². The summed E-state index contributed by atoms with van der Waals surface area (Å²) in [5, 5.41) is 11.5. The molecule has 0 amide bonds. The average Bonchev–Trinajstić information content (AvgIpc) is 3.27. The molecule has 5 rings (SSSR count). The van der Waals surface area contributed by atoms with E-state index in [4.69, 9.17) is 0 Å². The van der Waals surface area contributed by atoms with Gasteiger partial charge in [-0.2, -0.15) is 0 Å². The summed E-state index contributed by atoms with van der Waals surface area (Å²) in [6.45, 7) is 1.68. The van der Waals surface area contributed by atoms with Crippen LogP contribution in [-0.4, -0.2) is 25.6 Å². The molecule has 0 radical (unpaired) electrons. The molecule has 0 saturated heterocycles. The molecule has 9 heteroatoms. The van der Waals surface area contributed by atoms with Crippen LogP contribution in [0.1, 0.15) is 21.1 Å². The van der Waals surface area contributed by atoms with Crippen LogP contribution in [0.4, 0.5) is 8.78 Å². The van der Waals surface area contributed by atoms with Gasteiger partial charge in [-0.25, -0.2) is 18.6 Å². The Kier molecular flexibility index (Phi) is 4.63. The van der Waals surface area contributed by atoms with Crippen LogP contribution < -0.4 is 5.56 Å². The maximum absolute atomic E-state index is 14.5. The summed E-state index contributed by atoms with van der Waals surface area (Å²) in [6.07, 6.45) is 1.46. The zero-order chi connectivity index (χ0) is 22.6. The quantitative estimate of drug-likeness (QED) is 0.405. The van der Waals surface area contributed by atoms with Crippen molar-refractivity contribution in [1.82, 2.24) is 14.5 Å². The van der Waals surface area contributed by atoms with E-state index in [1.807, 2.05) is 13.0 Å². The topological polar surface area (TPSA) is 88.0 Å². The average molecular weight is 451 g/mol. The van der Waals surface area contributed by atoms with Crippen molar-refractivity contribution < 1.29 is 18.7 Å². The summed E-state index contributed by atoms with van der Waals surface area (Å²) >= 11 is 1.45. The van der Waals surface area contributed by atoms with Gasteiger partial charge in [-0.1, -0.05) is 6.07 Å². The molecular weight excluding hydrogens is 436 g/mol. The molecule has 3 heterocycles. The van der Waals surface area contributed by atoms with Crippen molar-refractivity contribution >= 4 is 38.4 Å². The van der Waals surface area contributed by atoms with E-state index >= 15 is 0 Å². The number of nitrogens with zero attached hydrogens (tertiary/aromatic N) is 2. The summed E-state index contributed by atoms with van der Waals surface area (Å²) in [7, 11) is 0. The van der Waals surface area contributed by atoms with Gasteiger partial charge in [-0.15, -0.1) is 11.3 Å². The molecule has 0 unspecified atom stereocenters. The molecule has 2 aromatic carbocycles. The Labute approximate surface area is 183 Å². The second-order valence-electron chi connectivity index (χ2n) is 7.30. The highest BCUT2D eigenvalue weighted by molar-refractivity contribution is 7.18. The van der Waals surface area contributed by atoms with Crippen LogP contribution in [0.15, 0.2) is 53.5 Å². The molecule has 3 aromatic heterocycles. The van der Waals surface area contributed by atoms with Crippen molar-refractivity contribution in [3.05, 3.63) is 86.9 Å². The van der Waals surface area contributed by atoms with Crippen molar-refractivity contribution in [1.29, 1.82) is 0 Å². The van der Waals surface area contributed by atoms with Crippen LogP contribution >= 0.6 is 11.3 Å². The zero-order valence-corrected chi connectivity index (χ0v) is 17.5. The van der Waals surface area contributed by atoms with Crippen LogP contribution in [0.5, 0.6) is 0 Å². The molecule has 5 aromatic rings. The maximum atomic E-state index is 14.5. The lowest BCUT2D eigenvalue weighted by Gasteiger charge is -2.10.